The summed E-state index contributed by atoms with van der Waals surface area (Å²) < 4.78 is 2.03. The number of hydrogen-bond donors (Lipinski definition) is 0. The molecule has 1 aromatic carbocycles. The monoisotopic (exact) mass is 358 g/mol. The molecule has 2 aromatic heterocycles. The molecule has 0 spiro atoms. The highest BCUT2D eigenvalue weighted by molar-refractivity contribution is 5.90. The van der Waals surface area contributed by atoms with Gasteiger partial charge < -0.3 is 4.57 Å². The molecule has 2 heterocycles. The molecule has 3 aromatic rings. The number of hydrogen-bond acceptors (Lipinski definition) is 4. The lowest BCUT2D eigenvalue weighted by molar-refractivity contribution is -0.384. The van der Waals surface area contributed by atoms with E-state index in [1.165, 1.54) is 12.1 Å². The fraction of sp³-hybridized carbons (Fsp3) is 0.143. The van der Waals surface area contributed by atoms with Crippen LogP contribution in [0.3, 0.4) is 0 Å². The minimum Gasteiger partial charge on any atom is -0.303 e. The summed E-state index contributed by atoms with van der Waals surface area (Å²) in [6.45, 7) is 5.95. The van der Waals surface area contributed by atoms with Crippen molar-refractivity contribution in [3.8, 4) is 11.9 Å². The van der Waals surface area contributed by atoms with Gasteiger partial charge >= 0.3 is 0 Å². The molecule has 0 bridgehead atoms. The Hall–Kier alpha value is -3.72. The minimum absolute atomic E-state index is 0.0388. The lowest BCUT2D eigenvalue weighted by Crippen LogP contribution is -2.02. The number of aromatic nitrogens is 2. The van der Waals surface area contributed by atoms with E-state index in [1.54, 1.807) is 24.4 Å². The van der Waals surface area contributed by atoms with Gasteiger partial charge in [0.1, 0.15) is 5.82 Å². The summed E-state index contributed by atoms with van der Waals surface area (Å²) in [6, 6.07) is 14.2. The molecule has 0 N–H and O–H groups in total. The smallest absolute Gasteiger partial charge is 0.270 e. The molecule has 0 fully saturated rings. The van der Waals surface area contributed by atoms with Gasteiger partial charge in [0.05, 0.1) is 16.6 Å². The van der Waals surface area contributed by atoms with Crippen LogP contribution in [0.2, 0.25) is 0 Å². The number of allylic oxidation sites excluding steroid dienone is 1. The number of nitrogens with zero attached hydrogens (tertiary/aromatic N) is 4. The number of nitriles is 1. The van der Waals surface area contributed by atoms with Gasteiger partial charge in [-0.05, 0) is 61.7 Å². The lowest BCUT2D eigenvalue weighted by atomic mass is 10.0. The zero-order valence-electron chi connectivity index (χ0n) is 15.3. The molecule has 0 radical (unpaired) electrons. The van der Waals surface area contributed by atoms with Gasteiger partial charge in [0.2, 0.25) is 0 Å². The van der Waals surface area contributed by atoms with E-state index in [2.05, 4.69) is 11.1 Å². The normalized spacial score (nSPS) is 11.3. The molecule has 3 rings (SSSR count). The average molecular weight is 358 g/mol. The van der Waals surface area contributed by atoms with E-state index < -0.39 is 4.92 Å². The van der Waals surface area contributed by atoms with Crippen molar-refractivity contribution in [3.63, 3.8) is 0 Å². The van der Waals surface area contributed by atoms with Crippen LogP contribution in [0.25, 0.3) is 17.5 Å². The first-order chi connectivity index (χ1) is 12.9. The summed E-state index contributed by atoms with van der Waals surface area (Å²) in [5.74, 6) is 0.818. The first kappa shape index (κ1) is 18.1. The van der Waals surface area contributed by atoms with Crippen molar-refractivity contribution in [1.29, 1.82) is 5.26 Å². The van der Waals surface area contributed by atoms with Crippen molar-refractivity contribution < 1.29 is 4.92 Å². The van der Waals surface area contributed by atoms with Crippen molar-refractivity contribution in [2.45, 2.75) is 20.8 Å². The molecule has 6 nitrogen and oxygen atoms in total. The van der Waals surface area contributed by atoms with Gasteiger partial charge in [-0.15, -0.1) is 0 Å². The number of rotatable bonds is 4. The fourth-order valence-corrected chi connectivity index (χ4v) is 3.05. The van der Waals surface area contributed by atoms with Crippen LogP contribution in [0.4, 0.5) is 5.69 Å². The molecule has 134 valence electrons. The molecule has 0 saturated heterocycles. The van der Waals surface area contributed by atoms with Crippen LogP contribution in [0.15, 0.2) is 48.7 Å². The van der Waals surface area contributed by atoms with Crippen molar-refractivity contribution >= 4 is 17.3 Å². The number of pyridine rings is 1. The third kappa shape index (κ3) is 3.62. The third-order valence-electron chi connectivity index (χ3n) is 4.39. The van der Waals surface area contributed by atoms with E-state index in [0.29, 0.717) is 11.1 Å². The largest absolute Gasteiger partial charge is 0.303 e. The predicted octanol–water partition coefficient (Wildman–Crippen LogP) is 4.77. The Morgan fingerprint density at radius 2 is 2.00 bits per heavy atom. The maximum absolute atomic E-state index is 11.0. The zero-order chi connectivity index (χ0) is 19.6. The summed E-state index contributed by atoms with van der Waals surface area (Å²) in [5, 5.41) is 20.6. The highest BCUT2D eigenvalue weighted by Crippen LogP contribution is 2.26. The second-order valence-corrected chi connectivity index (χ2v) is 6.33. The number of nitro benzene ring substituents is 1. The first-order valence-corrected chi connectivity index (χ1v) is 8.39. The van der Waals surface area contributed by atoms with Crippen LogP contribution in [0.1, 0.15) is 28.1 Å². The molecule has 0 atom stereocenters. The number of benzene rings is 1. The van der Waals surface area contributed by atoms with E-state index in [4.69, 9.17) is 0 Å². The Balaban J connectivity index is 2.09. The summed E-state index contributed by atoms with van der Waals surface area (Å²) in [7, 11) is 0. The van der Waals surface area contributed by atoms with Gasteiger partial charge in [-0.1, -0.05) is 12.1 Å². The molecule has 0 saturated carbocycles. The standard InChI is InChI=1S/C21H18N4O2/c1-14-7-8-23-21(9-14)24-15(2)10-18(16(24)3)11-19(13-22)17-5-4-6-20(12-17)25(26)27/h4-12H,1-3H3/b19-11-. The van der Waals surface area contributed by atoms with Crippen molar-refractivity contribution in [2.24, 2.45) is 0 Å². The molecule has 6 heteroatoms. The topological polar surface area (TPSA) is 84.8 Å². The van der Waals surface area contributed by atoms with Gasteiger partial charge in [-0.2, -0.15) is 5.26 Å². The van der Waals surface area contributed by atoms with E-state index in [9.17, 15) is 15.4 Å². The second kappa shape index (κ2) is 7.26. The molecule has 0 aliphatic carbocycles. The quantitative estimate of drug-likeness (QED) is 0.382. The van der Waals surface area contributed by atoms with Gasteiger partial charge in [-0.25, -0.2) is 4.98 Å². The molecular formula is C21H18N4O2. The first-order valence-electron chi connectivity index (χ1n) is 8.39. The summed E-state index contributed by atoms with van der Waals surface area (Å²) in [5.41, 5.74) is 4.78. The Bertz CT molecular complexity index is 1100. The van der Waals surface area contributed by atoms with Crippen LogP contribution >= 0.6 is 0 Å². The molecule has 0 aliphatic rings. The van der Waals surface area contributed by atoms with E-state index in [0.717, 1.165) is 28.3 Å². The van der Waals surface area contributed by atoms with Crippen molar-refractivity contribution in [2.75, 3.05) is 0 Å². The average Bonchev–Trinajstić information content (AvgIpc) is 2.93. The van der Waals surface area contributed by atoms with Crippen LogP contribution in [0, 0.1) is 42.2 Å². The molecule has 0 unspecified atom stereocenters. The van der Waals surface area contributed by atoms with Gasteiger partial charge in [0.15, 0.2) is 0 Å². The number of aryl methyl sites for hydroxylation is 2. The summed E-state index contributed by atoms with van der Waals surface area (Å²) in [4.78, 5) is 15.0. The highest BCUT2D eigenvalue weighted by atomic mass is 16.6. The molecule has 0 aliphatic heterocycles. The fourth-order valence-electron chi connectivity index (χ4n) is 3.05. The van der Waals surface area contributed by atoms with Gasteiger partial charge in [0, 0.05) is 29.7 Å². The van der Waals surface area contributed by atoms with Crippen LogP contribution in [0.5, 0.6) is 0 Å². The third-order valence-corrected chi connectivity index (χ3v) is 4.39. The summed E-state index contributed by atoms with van der Waals surface area (Å²) in [6.07, 6.45) is 3.52. The maximum atomic E-state index is 11.0. The van der Waals surface area contributed by atoms with Crippen molar-refractivity contribution in [1.82, 2.24) is 9.55 Å². The Morgan fingerprint density at radius 1 is 1.22 bits per heavy atom. The second-order valence-electron chi connectivity index (χ2n) is 6.33. The molecule has 27 heavy (non-hydrogen) atoms. The van der Waals surface area contributed by atoms with Crippen LogP contribution in [-0.4, -0.2) is 14.5 Å². The van der Waals surface area contributed by atoms with Crippen LogP contribution in [-0.2, 0) is 0 Å². The molecular weight excluding hydrogens is 340 g/mol. The lowest BCUT2D eigenvalue weighted by Gasteiger charge is -2.09. The number of non-ortho nitro benzene ring substituents is 1. The highest BCUT2D eigenvalue weighted by Gasteiger charge is 2.13. The minimum atomic E-state index is -0.465. The van der Waals surface area contributed by atoms with E-state index in [1.807, 2.05) is 43.5 Å². The van der Waals surface area contributed by atoms with Gasteiger partial charge in [-0.3, -0.25) is 10.1 Å². The maximum Gasteiger partial charge on any atom is 0.270 e. The Kier molecular flexibility index (Phi) is 4.86. The summed E-state index contributed by atoms with van der Waals surface area (Å²) >= 11 is 0. The predicted molar refractivity (Wildman–Crippen MR) is 104 cm³/mol. The zero-order valence-corrected chi connectivity index (χ0v) is 15.3. The molecule has 0 amide bonds. The number of nitro groups is 1. The SMILES string of the molecule is Cc1ccnc(-n2c(C)cc(/C=C(/C#N)c3cccc([N+](=O)[O-])c3)c2C)c1. The van der Waals surface area contributed by atoms with Crippen LogP contribution < -0.4 is 0 Å². The van der Waals surface area contributed by atoms with E-state index in [-0.39, 0.29) is 5.69 Å². The van der Waals surface area contributed by atoms with Crippen molar-refractivity contribution in [3.05, 3.63) is 86.9 Å². The van der Waals surface area contributed by atoms with E-state index >= 15 is 0 Å². The Labute approximate surface area is 157 Å². The Morgan fingerprint density at radius 3 is 2.67 bits per heavy atom. The van der Waals surface area contributed by atoms with Gasteiger partial charge in [0.25, 0.3) is 5.69 Å².